The normalized spacial score (nSPS) is 15.6. The molecule has 0 radical (unpaired) electrons. The van der Waals surface area contributed by atoms with Crippen LogP contribution in [0.25, 0.3) is 0 Å². The Balaban J connectivity index is 1.86. The highest BCUT2D eigenvalue weighted by molar-refractivity contribution is 9.10. The molecule has 0 saturated heterocycles. The predicted octanol–water partition coefficient (Wildman–Crippen LogP) is 1.74. The zero-order valence-corrected chi connectivity index (χ0v) is 12.8. The molecule has 1 aromatic rings. The fraction of sp³-hybridized carbons (Fsp3) is 0.500. The maximum atomic E-state index is 12.0. The van der Waals surface area contributed by atoms with Crippen molar-refractivity contribution in [2.75, 3.05) is 25.5 Å². The maximum Gasteiger partial charge on any atom is 0.241 e. The first kappa shape index (κ1) is 14.8. The van der Waals surface area contributed by atoms with E-state index in [0.717, 1.165) is 6.61 Å². The maximum absolute atomic E-state index is 12.0. The van der Waals surface area contributed by atoms with Gasteiger partial charge in [0.1, 0.15) is 0 Å². The van der Waals surface area contributed by atoms with Gasteiger partial charge in [-0.05, 0) is 52.9 Å². The van der Waals surface area contributed by atoms with Gasteiger partial charge in [-0.15, -0.1) is 0 Å². The van der Waals surface area contributed by atoms with Crippen molar-refractivity contribution in [1.82, 2.24) is 4.72 Å². The van der Waals surface area contributed by atoms with Crippen molar-refractivity contribution in [2.45, 2.75) is 17.7 Å². The lowest BCUT2D eigenvalue weighted by Gasteiger charge is -2.09. The van der Waals surface area contributed by atoms with Gasteiger partial charge in [0.25, 0.3) is 0 Å². The van der Waals surface area contributed by atoms with E-state index in [-0.39, 0.29) is 11.4 Å². The highest BCUT2D eigenvalue weighted by atomic mass is 79.9. The molecule has 19 heavy (non-hydrogen) atoms. The fourth-order valence-electron chi connectivity index (χ4n) is 1.60. The zero-order valence-electron chi connectivity index (χ0n) is 10.4. The molecule has 0 aromatic heterocycles. The van der Waals surface area contributed by atoms with Crippen molar-refractivity contribution in [2.24, 2.45) is 5.92 Å². The molecule has 3 N–H and O–H groups in total. The van der Waals surface area contributed by atoms with Crippen molar-refractivity contribution in [3.05, 3.63) is 22.7 Å². The van der Waals surface area contributed by atoms with Gasteiger partial charge >= 0.3 is 0 Å². The summed E-state index contributed by atoms with van der Waals surface area (Å²) in [6.07, 6.45) is 2.45. The molecule has 106 valence electrons. The molecule has 1 aromatic carbocycles. The number of nitrogens with two attached hydrogens (primary N) is 1. The van der Waals surface area contributed by atoms with Crippen LogP contribution < -0.4 is 10.5 Å². The number of benzene rings is 1. The summed E-state index contributed by atoms with van der Waals surface area (Å²) in [5.41, 5.74) is 6.09. The summed E-state index contributed by atoms with van der Waals surface area (Å²) < 4.78 is 32.4. The molecule has 0 unspecified atom stereocenters. The molecule has 0 atom stereocenters. The highest BCUT2D eigenvalue weighted by Crippen LogP contribution is 2.28. The number of ether oxygens (including phenoxy) is 1. The Morgan fingerprint density at radius 2 is 2.16 bits per heavy atom. The molecule has 5 nitrogen and oxygen atoms in total. The third-order valence-corrected chi connectivity index (χ3v) is 5.27. The van der Waals surface area contributed by atoms with E-state index < -0.39 is 10.0 Å². The van der Waals surface area contributed by atoms with Gasteiger partial charge in [0.2, 0.25) is 10.0 Å². The predicted molar refractivity (Wildman–Crippen MR) is 77.3 cm³/mol. The average Bonchev–Trinajstić information content (AvgIpc) is 3.11. The van der Waals surface area contributed by atoms with Crippen LogP contribution in [0, 0.1) is 5.92 Å². The Kier molecular flexibility index (Phi) is 4.83. The minimum atomic E-state index is -3.53. The van der Waals surface area contributed by atoms with E-state index in [9.17, 15) is 8.42 Å². The molecule has 2 rings (SSSR count). The zero-order chi connectivity index (χ0) is 13.9. The van der Waals surface area contributed by atoms with Gasteiger partial charge in [-0.3, -0.25) is 0 Å². The van der Waals surface area contributed by atoms with Crippen LogP contribution in [0.4, 0.5) is 5.69 Å². The number of nitrogen functional groups attached to an aromatic ring is 1. The lowest BCUT2D eigenvalue weighted by atomic mass is 10.3. The number of hydrogen-bond acceptors (Lipinski definition) is 4. The summed E-state index contributed by atoms with van der Waals surface area (Å²) in [7, 11) is -3.53. The minimum Gasteiger partial charge on any atom is -0.399 e. The smallest absolute Gasteiger partial charge is 0.241 e. The van der Waals surface area contributed by atoms with Crippen LogP contribution in [0.2, 0.25) is 0 Å². The number of anilines is 1. The summed E-state index contributed by atoms with van der Waals surface area (Å²) in [5.74, 6) is 0.683. The Bertz CT molecular complexity index is 544. The van der Waals surface area contributed by atoms with Gasteiger partial charge < -0.3 is 10.5 Å². The van der Waals surface area contributed by atoms with E-state index >= 15 is 0 Å². The van der Waals surface area contributed by atoms with Crippen LogP contribution in [-0.2, 0) is 14.8 Å². The van der Waals surface area contributed by atoms with Crippen molar-refractivity contribution < 1.29 is 13.2 Å². The summed E-state index contributed by atoms with van der Waals surface area (Å²) in [5, 5.41) is 0. The third kappa shape index (κ3) is 4.45. The highest BCUT2D eigenvalue weighted by Gasteiger charge is 2.21. The van der Waals surface area contributed by atoms with E-state index in [4.69, 9.17) is 10.5 Å². The quantitative estimate of drug-likeness (QED) is 0.580. The monoisotopic (exact) mass is 348 g/mol. The summed E-state index contributed by atoms with van der Waals surface area (Å²) in [6, 6.07) is 4.61. The molecule has 1 aliphatic carbocycles. The summed E-state index contributed by atoms with van der Waals surface area (Å²) in [6.45, 7) is 1.39. The van der Waals surface area contributed by atoms with Crippen molar-refractivity contribution in [3.63, 3.8) is 0 Å². The fourth-order valence-corrected chi connectivity index (χ4v) is 3.70. The topological polar surface area (TPSA) is 81.4 Å². The lowest BCUT2D eigenvalue weighted by molar-refractivity contribution is 0.129. The van der Waals surface area contributed by atoms with Crippen LogP contribution >= 0.6 is 15.9 Å². The summed E-state index contributed by atoms with van der Waals surface area (Å²) in [4.78, 5) is 0.184. The largest absolute Gasteiger partial charge is 0.399 e. The van der Waals surface area contributed by atoms with Crippen molar-refractivity contribution in [3.8, 4) is 0 Å². The van der Waals surface area contributed by atoms with Gasteiger partial charge in [-0.2, -0.15) is 0 Å². The van der Waals surface area contributed by atoms with E-state index in [0.29, 0.717) is 22.7 Å². The van der Waals surface area contributed by atoms with Crippen LogP contribution in [0.1, 0.15) is 12.8 Å². The number of hydrogen-bond donors (Lipinski definition) is 2. The number of halogens is 1. The average molecular weight is 349 g/mol. The molecule has 0 bridgehead atoms. The number of nitrogens with one attached hydrogen (secondary N) is 1. The Hall–Kier alpha value is -0.630. The molecule has 1 fully saturated rings. The van der Waals surface area contributed by atoms with Crippen molar-refractivity contribution >= 4 is 31.6 Å². The van der Waals surface area contributed by atoms with E-state index in [1.165, 1.54) is 18.9 Å². The van der Waals surface area contributed by atoms with Crippen molar-refractivity contribution in [1.29, 1.82) is 0 Å². The molecule has 1 aliphatic rings. The van der Waals surface area contributed by atoms with Gasteiger partial charge in [0.15, 0.2) is 0 Å². The molecular formula is C12H17BrN2O3S. The Morgan fingerprint density at radius 1 is 1.42 bits per heavy atom. The standard InChI is InChI=1S/C12H17BrN2O3S/c13-11-7-10(14)3-4-12(11)19(16,17)15-5-6-18-8-9-1-2-9/h3-4,7,9,15H,1-2,5-6,8,14H2. The van der Waals surface area contributed by atoms with Gasteiger partial charge in [0.05, 0.1) is 11.5 Å². The van der Waals surface area contributed by atoms with Crippen LogP contribution in [0.15, 0.2) is 27.6 Å². The second kappa shape index (κ2) is 6.21. The molecule has 0 aliphatic heterocycles. The SMILES string of the molecule is Nc1ccc(S(=O)(=O)NCCOCC2CC2)c(Br)c1. The Morgan fingerprint density at radius 3 is 2.79 bits per heavy atom. The molecular weight excluding hydrogens is 332 g/mol. The number of rotatable bonds is 7. The van der Waals surface area contributed by atoms with E-state index in [1.54, 1.807) is 12.1 Å². The molecule has 7 heteroatoms. The van der Waals surface area contributed by atoms with Gasteiger partial charge in [-0.25, -0.2) is 13.1 Å². The Labute approximate surface area is 121 Å². The third-order valence-electron chi connectivity index (χ3n) is 2.83. The second-order valence-electron chi connectivity index (χ2n) is 4.61. The van der Waals surface area contributed by atoms with E-state index in [2.05, 4.69) is 20.7 Å². The van der Waals surface area contributed by atoms with E-state index in [1.807, 2.05) is 0 Å². The first-order chi connectivity index (χ1) is 8.99. The minimum absolute atomic E-state index is 0.184. The van der Waals surface area contributed by atoms with Crippen LogP contribution in [0.5, 0.6) is 0 Å². The molecule has 1 saturated carbocycles. The molecule has 0 spiro atoms. The molecule has 0 amide bonds. The van der Waals surface area contributed by atoms with Crippen LogP contribution in [0.3, 0.4) is 0 Å². The summed E-state index contributed by atoms with van der Waals surface area (Å²) >= 11 is 3.20. The van der Waals surface area contributed by atoms with Gasteiger partial charge in [0, 0.05) is 23.3 Å². The first-order valence-electron chi connectivity index (χ1n) is 6.11. The second-order valence-corrected chi connectivity index (χ2v) is 7.20. The van der Waals surface area contributed by atoms with Gasteiger partial charge in [-0.1, -0.05) is 0 Å². The number of sulfonamides is 1. The lowest BCUT2D eigenvalue weighted by Crippen LogP contribution is -2.28. The van der Waals surface area contributed by atoms with Crippen LogP contribution in [-0.4, -0.2) is 28.2 Å². The molecule has 0 heterocycles. The first-order valence-corrected chi connectivity index (χ1v) is 8.39.